The summed E-state index contributed by atoms with van der Waals surface area (Å²) in [5.74, 6) is 0.650. The predicted octanol–water partition coefficient (Wildman–Crippen LogP) is 1.06. The SMILES string of the molecule is CC(O)CN(C)CC(=O)C1CCCC1. The van der Waals surface area contributed by atoms with E-state index in [0.717, 1.165) is 12.8 Å². The first-order valence-corrected chi connectivity index (χ1v) is 5.49. The van der Waals surface area contributed by atoms with Gasteiger partial charge in [0.1, 0.15) is 5.78 Å². The van der Waals surface area contributed by atoms with Gasteiger partial charge in [-0.2, -0.15) is 0 Å². The summed E-state index contributed by atoms with van der Waals surface area (Å²) in [7, 11) is 1.89. The molecule has 1 unspecified atom stereocenters. The summed E-state index contributed by atoms with van der Waals surface area (Å²) in [6, 6.07) is 0. The van der Waals surface area contributed by atoms with E-state index >= 15 is 0 Å². The van der Waals surface area contributed by atoms with Crippen LogP contribution in [0.1, 0.15) is 32.6 Å². The molecule has 0 saturated heterocycles. The van der Waals surface area contributed by atoms with Gasteiger partial charge >= 0.3 is 0 Å². The second-order valence-electron chi connectivity index (χ2n) is 4.49. The highest BCUT2D eigenvalue weighted by Crippen LogP contribution is 2.25. The minimum Gasteiger partial charge on any atom is -0.392 e. The van der Waals surface area contributed by atoms with E-state index in [2.05, 4.69) is 0 Å². The van der Waals surface area contributed by atoms with E-state index in [9.17, 15) is 4.79 Å². The average molecular weight is 199 g/mol. The molecule has 0 heterocycles. The average Bonchev–Trinajstić information content (AvgIpc) is 2.53. The molecule has 1 aliphatic carbocycles. The van der Waals surface area contributed by atoms with Gasteiger partial charge in [-0.25, -0.2) is 0 Å². The highest BCUT2D eigenvalue weighted by Gasteiger charge is 2.23. The zero-order valence-corrected chi connectivity index (χ0v) is 9.20. The highest BCUT2D eigenvalue weighted by molar-refractivity contribution is 5.83. The normalized spacial score (nSPS) is 20.3. The van der Waals surface area contributed by atoms with Gasteiger partial charge in [0.2, 0.25) is 0 Å². The summed E-state index contributed by atoms with van der Waals surface area (Å²) in [6.07, 6.45) is 4.20. The highest BCUT2D eigenvalue weighted by atomic mass is 16.3. The van der Waals surface area contributed by atoms with Crippen molar-refractivity contribution in [3.8, 4) is 0 Å². The lowest BCUT2D eigenvalue weighted by molar-refractivity contribution is -0.123. The third kappa shape index (κ3) is 3.76. The van der Waals surface area contributed by atoms with Crippen LogP contribution in [0.15, 0.2) is 0 Å². The van der Waals surface area contributed by atoms with Gasteiger partial charge in [-0.3, -0.25) is 9.69 Å². The van der Waals surface area contributed by atoms with Crippen molar-refractivity contribution >= 4 is 5.78 Å². The molecule has 0 amide bonds. The second-order valence-corrected chi connectivity index (χ2v) is 4.49. The number of hydrogen-bond acceptors (Lipinski definition) is 3. The summed E-state index contributed by atoms with van der Waals surface area (Å²) in [6.45, 7) is 2.82. The maximum absolute atomic E-state index is 11.7. The topological polar surface area (TPSA) is 40.5 Å². The largest absolute Gasteiger partial charge is 0.392 e. The van der Waals surface area contributed by atoms with Crippen LogP contribution in [-0.4, -0.2) is 42.0 Å². The first kappa shape index (κ1) is 11.7. The molecule has 82 valence electrons. The van der Waals surface area contributed by atoms with E-state index < -0.39 is 0 Å². The minimum absolute atomic E-state index is 0.298. The summed E-state index contributed by atoms with van der Waals surface area (Å²) in [4.78, 5) is 13.6. The van der Waals surface area contributed by atoms with Crippen LogP contribution in [0.4, 0.5) is 0 Å². The molecule has 1 saturated carbocycles. The quantitative estimate of drug-likeness (QED) is 0.719. The van der Waals surface area contributed by atoms with Crippen LogP contribution < -0.4 is 0 Å². The van der Waals surface area contributed by atoms with Gasteiger partial charge in [-0.15, -0.1) is 0 Å². The van der Waals surface area contributed by atoms with Gasteiger partial charge in [0.05, 0.1) is 12.6 Å². The first-order chi connectivity index (χ1) is 6.59. The number of likely N-dealkylation sites (N-methyl/N-ethyl adjacent to an activating group) is 1. The summed E-state index contributed by atoms with van der Waals surface area (Å²) < 4.78 is 0. The third-order valence-corrected chi connectivity index (χ3v) is 2.81. The van der Waals surface area contributed by atoms with Crippen molar-refractivity contribution in [2.45, 2.75) is 38.7 Å². The zero-order valence-electron chi connectivity index (χ0n) is 9.20. The van der Waals surface area contributed by atoms with E-state index in [0.29, 0.717) is 24.8 Å². The van der Waals surface area contributed by atoms with Crippen molar-refractivity contribution in [2.24, 2.45) is 5.92 Å². The van der Waals surface area contributed by atoms with Crippen LogP contribution in [0.25, 0.3) is 0 Å². The number of rotatable bonds is 5. The number of aliphatic hydroxyl groups is 1. The van der Waals surface area contributed by atoms with Crippen LogP contribution in [0.2, 0.25) is 0 Å². The lowest BCUT2D eigenvalue weighted by atomic mass is 10.0. The summed E-state index contributed by atoms with van der Waals surface area (Å²) in [5, 5.41) is 9.15. The van der Waals surface area contributed by atoms with Gasteiger partial charge in [0.15, 0.2) is 0 Å². The zero-order chi connectivity index (χ0) is 10.6. The lowest BCUT2D eigenvalue weighted by Crippen LogP contribution is -2.34. The molecule has 0 bridgehead atoms. The number of Topliss-reactive ketones (excluding diaryl/α,β-unsaturated/α-hetero) is 1. The molecule has 0 aromatic rings. The summed E-state index contributed by atoms with van der Waals surface area (Å²) in [5.41, 5.74) is 0. The second kappa shape index (κ2) is 5.47. The first-order valence-electron chi connectivity index (χ1n) is 5.49. The van der Waals surface area contributed by atoms with Crippen molar-refractivity contribution in [1.29, 1.82) is 0 Å². The molecular weight excluding hydrogens is 178 g/mol. The number of ketones is 1. The molecule has 1 fully saturated rings. The molecule has 0 aromatic heterocycles. The van der Waals surface area contributed by atoms with Gasteiger partial charge in [-0.05, 0) is 26.8 Å². The Morgan fingerprint density at radius 2 is 2.07 bits per heavy atom. The number of carbonyl (C=O) groups excluding carboxylic acids is 1. The Hall–Kier alpha value is -0.410. The van der Waals surface area contributed by atoms with Crippen molar-refractivity contribution in [1.82, 2.24) is 4.90 Å². The molecule has 3 heteroatoms. The molecule has 0 radical (unpaired) electrons. The van der Waals surface area contributed by atoms with Crippen molar-refractivity contribution in [3.63, 3.8) is 0 Å². The molecule has 1 N–H and O–H groups in total. The Kier molecular flexibility index (Phi) is 4.55. The van der Waals surface area contributed by atoms with Gasteiger partial charge in [0, 0.05) is 12.5 Å². The third-order valence-electron chi connectivity index (χ3n) is 2.81. The standard InChI is InChI=1S/C11H21NO2/c1-9(13)7-12(2)8-11(14)10-5-3-4-6-10/h9-10,13H,3-8H2,1-2H3. The molecule has 1 aliphatic rings. The van der Waals surface area contributed by atoms with E-state index in [4.69, 9.17) is 5.11 Å². The Labute approximate surface area is 86.1 Å². The van der Waals surface area contributed by atoms with Gasteiger partial charge in [0.25, 0.3) is 0 Å². The fourth-order valence-corrected chi connectivity index (χ4v) is 2.16. The van der Waals surface area contributed by atoms with E-state index in [-0.39, 0.29) is 6.10 Å². The molecule has 0 spiro atoms. The van der Waals surface area contributed by atoms with Crippen LogP contribution in [0.5, 0.6) is 0 Å². The maximum Gasteiger partial charge on any atom is 0.149 e. The van der Waals surface area contributed by atoms with Crippen LogP contribution >= 0.6 is 0 Å². The van der Waals surface area contributed by atoms with Crippen molar-refractivity contribution in [3.05, 3.63) is 0 Å². The van der Waals surface area contributed by atoms with Gasteiger partial charge in [-0.1, -0.05) is 12.8 Å². The van der Waals surface area contributed by atoms with Gasteiger partial charge < -0.3 is 5.11 Å². The minimum atomic E-state index is -0.351. The molecular formula is C11H21NO2. The Morgan fingerprint density at radius 3 is 2.57 bits per heavy atom. The molecule has 0 aliphatic heterocycles. The van der Waals surface area contributed by atoms with Crippen LogP contribution in [0.3, 0.4) is 0 Å². The molecule has 3 nitrogen and oxygen atoms in total. The molecule has 14 heavy (non-hydrogen) atoms. The Morgan fingerprint density at radius 1 is 1.50 bits per heavy atom. The Bertz CT molecular complexity index is 186. The number of nitrogens with zero attached hydrogens (tertiary/aromatic N) is 1. The Balaban J connectivity index is 2.25. The van der Waals surface area contributed by atoms with Crippen molar-refractivity contribution in [2.75, 3.05) is 20.1 Å². The molecule has 1 rings (SSSR count). The van der Waals surface area contributed by atoms with E-state index in [1.807, 2.05) is 11.9 Å². The molecule has 1 atom stereocenters. The number of hydrogen-bond donors (Lipinski definition) is 1. The van der Waals surface area contributed by atoms with Crippen LogP contribution in [0, 0.1) is 5.92 Å². The van der Waals surface area contributed by atoms with E-state index in [1.165, 1.54) is 12.8 Å². The number of carbonyl (C=O) groups is 1. The number of aliphatic hydroxyl groups excluding tert-OH is 1. The molecule has 0 aromatic carbocycles. The van der Waals surface area contributed by atoms with E-state index in [1.54, 1.807) is 6.92 Å². The van der Waals surface area contributed by atoms with Crippen molar-refractivity contribution < 1.29 is 9.90 Å². The lowest BCUT2D eigenvalue weighted by Gasteiger charge is -2.19. The summed E-state index contributed by atoms with van der Waals surface area (Å²) >= 11 is 0. The van der Waals surface area contributed by atoms with Crippen LogP contribution in [-0.2, 0) is 4.79 Å². The monoisotopic (exact) mass is 199 g/mol. The fourth-order valence-electron chi connectivity index (χ4n) is 2.16. The fraction of sp³-hybridized carbons (Fsp3) is 0.909. The maximum atomic E-state index is 11.7. The smallest absolute Gasteiger partial charge is 0.149 e. The predicted molar refractivity (Wildman–Crippen MR) is 56.1 cm³/mol.